The highest BCUT2D eigenvalue weighted by atomic mass is 16.5. The van der Waals surface area contributed by atoms with Crippen molar-refractivity contribution in [1.29, 1.82) is 0 Å². The molecule has 0 amide bonds. The minimum Gasteiger partial charge on any atom is -0.383 e. The summed E-state index contributed by atoms with van der Waals surface area (Å²) in [6, 6.07) is 0.471. The highest BCUT2D eigenvalue weighted by molar-refractivity contribution is 4.95. The van der Waals surface area contributed by atoms with E-state index in [0.29, 0.717) is 25.7 Å². The first-order valence-electron chi connectivity index (χ1n) is 6.72. The maximum absolute atomic E-state index is 4.97. The average molecular weight is 278 g/mol. The SMILES string of the molecule is COCCNCc1cn(Cc2nnnn2C2CC2)nn1. The predicted molar refractivity (Wildman–Crippen MR) is 68.8 cm³/mol. The molecule has 0 saturated heterocycles. The molecular weight excluding hydrogens is 260 g/mol. The second-order valence-corrected chi connectivity index (χ2v) is 4.85. The monoisotopic (exact) mass is 278 g/mol. The molecule has 2 heterocycles. The lowest BCUT2D eigenvalue weighted by Crippen LogP contribution is -2.18. The first-order chi connectivity index (χ1) is 9.86. The Balaban J connectivity index is 1.55. The van der Waals surface area contributed by atoms with Crippen LogP contribution in [0, 0.1) is 0 Å². The van der Waals surface area contributed by atoms with E-state index >= 15 is 0 Å². The van der Waals surface area contributed by atoms with E-state index in [1.54, 1.807) is 11.8 Å². The summed E-state index contributed by atoms with van der Waals surface area (Å²) in [4.78, 5) is 0. The number of nitrogens with zero attached hydrogens (tertiary/aromatic N) is 7. The minimum absolute atomic E-state index is 0.471. The molecular formula is C11H18N8O. The second-order valence-electron chi connectivity index (χ2n) is 4.85. The molecule has 1 aliphatic carbocycles. The van der Waals surface area contributed by atoms with E-state index in [0.717, 1.165) is 30.9 Å². The van der Waals surface area contributed by atoms with Gasteiger partial charge in [0.05, 0.1) is 24.5 Å². The number of nitrogens with one attached hydrogen (secondary N) is 1. The van der Waals surface area contributed by atoms with E-state index < -0.39 is 0 Å². The molecule has 1 fully saturated rings. The number of ether oxygens (including phenoxy) is 1. The molecule has 9 nitrogen and oxygen atoms in total. The van der Waals surface area contributed by atoms with E-state index in [-0.39, 0.29) is 0 Å². The zero-order chi connectivity index (χ0) is 13.8. The predicted octanol–water partition coefficient (Wildman–Crippen LogP) is -0.616. The largest absolute Gasteiger partial charge is 0.383 e. The van der Waals surface area contributed by atoms with E-state index in [2.05, 4.69) is 31.2 Å². The van der Waals surface area contributed by atoms with Gasteiger partial charge in [0, 0.05) is 20.2 Å². The summed E-state index contributed by atoms with van der Waals surface area (Å²) in [6.45, 7) is 2.71. The van der Waals surface area contributed by atoms with Crippen molar-refractivity contribution in [3.05, 3.63) is 17.7 Å². The third-order valence-electron chi connectivity index (χ3n) is 3.13. The molecule has 9 heteroatoms. The highest BCUT2D eigenvalue weighted by Gasteiger charge is 2.27. The van der Waals surface area contributed by atoms with Crippen LogP contribution in [0.4, 0.5) is 0 Å². The highest BCUT2D eigenvalue weighted by Crippen LogP contribution is 2.34. The van der Waals surface area contributed by atoms with E-state index in [1.807, 2.05) is 10.9 Å². The summed E-state index contributed by atoms with van der Waals surface area (Å²) in [5.74, 6) is 0.830. The smallest absolute Gasteiger partial charge is 0.173 e. The standard InChI is InChI=1S/C11H18N8O/c1-20-5-4-12-6-9-7-18(16-13-9)8-11-14-15-17-19(11)10-2-3-10/h7,10,12H,2-6,8H2,1H3. The van der Waals surface area contributed by atoms with E-state index in [9.17, 15) is 0 Å². The van der Waals surface area contributed by atoms with Gasteiger partial charge in [-0.3, -0.25) is 0 Å². The second kappa shape index (κ2) is 6.06. The molecule has 1 aliphatic rings. The van der Waals surface area contributed by atoms with E-state index in [1.165, 1.54) is 0 Å². The molecule has 2 aromatic rings. The molecule has 0 aromatic carbocycles. The van der Waals surface area contributed by atoms with Gasteiger partial charge in [0.15, 0.2) is 5.82 Å². The maximum Gasteiger partial charge on any atom is 0.173 e. The number of tetrazole rings is 1. The summed E-state index contributed by atoms with van der Waals surface area (Å²) in [5, 5.41) is 23.2. The quantitative estimate of drug-likeness (QED) is 0.643. The van der Waals surface area contributed by atoms with Crippen molar-refractivity contribution in [2.45, 2.75) is 32.0 Å². The zero-order valence-electron chi connectivity index (χ0n) is 11.4. The van der Waals surface area contributed by atoms with Crippen molar-refractivity contribution in [3.63, 3.8) is 0 Å². The number of hydrogen-bond acceptors (Lipinski definition) is 7. The van der Waals surface area contributed by atoms with Gasteiger partial charge >= 0.3 is 0 Å². The summed E-state index contributed by atoms with van der Waals surface area (Å²) in [5.41, 5.74) is 0.895. The Kier molecular flexibility index (Phi) is 3.97. The van der Waals surface area contributed by atoms with Crippen LogP contribution in [0.5, 0.6) is 0 Å². The van der Waals surface area contributed by atoms with Crippen LogP contribution in [0.15, 0.2) is 6.20 Å². The molecule has 20 heavy (non-hydrogen) atoms. The van der Waals surface area contributed by atoms with Crippen LogP contribution in [0.1, 0.15) is 30.4 Å². The van der Waals surface area contributed by atoms with E-state index in [4.69, 9.17) is 4.74 Å². The Morgan fingerprint density at radius 1 is 1.35 bits per heavy atom. The minimum atomic E-state index is 0.471. The Bertz CT molecular complexity index is 546. The van der Waals surface area contributed by atoms with Crippen molar-refractivity contribution < 1.29 is 4.74 Å². The molecule has 1 N–H and O–H groups in total. The van der Waals surface area contributed by atoms with Crippen molar-refractivity contribution in [3.8, 4) is 0 Å². The number of aromatic nitrogens is 7. The van der Waals surface area contributed by atoms with Gasteiger partial charge in [0.2, 0.25) is 0 Å². The molecule has 0 aliphatic heterocycles. The van der Waals surface area contributed by atoms with Gasteiger partial charge in [-0.25, -0.2) is 9.36 Å². The van der Waals surface area contributed by atoms with Gasteiger partial charge in [-0.2, -0.15) is 0 Å². The fourth-order valence-corrected chi connectivity index (χ4v) is 1.95. The molecule has 0 unspecified atom stereocenters. The lowest BCUT2D eigenvalue weighted by molar-refractivity contribution is 0.199. The fraction of sp³-hybridized carbons (Fsp3) is 0.727. The lowest BCUT2D eigenvalue weighted by atomic mass is 10.4. The summed E-state index contributed by atoms with van der Waals surface area (Å²) >= 11 is 0. The van der Waals surface area contributed by atoms with Gasteiger partial charge in [0.25, 0.3) is 0 Å². The third-order valence-corrected chi connectivity index (χ3v) is 3.13. The number of rotatable bonds is 8. The van der Waals surface area contributed by atoms with Crippen molar-refractivity contribution in [1.82, 2.24) is 40.5 Å². The molecule has 0 radical (unpaired) electrons. The first kappa shape index (κ1) is 13.1. The maximum atomic E-state index is 4.97. The lowest BCUT2D eigenvalue weighted by Gasteiger charge is -2.01. The molecule has 108 valence electrons. The van der Waals surface area contributed by atoms with Crippen molar-refractivity contribution >= 4 is 0 Å². The van der Waals surface area contributed by atoms with Crippen LogP contribution in [0.2, 0.25) is 0 Å². The Hall–Kier alpha value is -1.87. The molecule has 2 aromatic heterocycles. The van der Waals surface area contributed by atoms with Crippen LogP contribution < -0.4 is 5.32 Å². The molecule has 0 spiro atoms. The van der Waals surface area contributed by atoms with Crippen LogP contribution >= 0.6 is 0 Å². The number of hydrogen-bond donors (Lipinski definition) is 1. The molecule has 0 bridgehead atoms. The fourth-order valence-electron chi connectivity index (χ4n) is 1.95. The van der Waals surface area contributed by atoms with Gasteiger partial charge in [-0.1, -0.05) is 5.21 Å². The van der Waals surface area contributed by atoms with Gasteiger partial charge in [-0.05, 0) is 23.3 Å². The van der Waals surface area contributed by atoms with Gasteiger partial charge in [0.1, 0.15) is 6.54 Å². The van der Waals surface area contributed by atoms with Crippen LogP contribution in [0.25, 0.3) is 0 Å². The van der Waals surface area contributed by atoms with Crippen LogP contribution in [-0.4, -0.2) is 55.5 Å². The third kappa shape index (κ3) is 3.17. The van der Waals surface area contributed by atoms with Crippen LogP contribution in [-0.2, 0) is 17.8 Å². The Morgan fingerprint density at radius 3 is 3.05 bits per heavy atom. The van der Waals surface area contributed by atoms with Gasteiger partial charge < -0.3 is 10.1 Å². The average Bonchev–Trinajstić information content (AvgIpc) is 3.03. The summed E-state index contributed by atoms with van der Waals surface area (Å²) < 4.78 is 8.62. The van der Waals surface area contributed by atoms with Crippen molar-refractivity contribution in [2.24, 2.45) is 0 Å². The van der Waals surface area contributed by atoms with Crippen molar-refractivity contribution in [2.75, 3.05) is 20.3 Å². The molecule has 1 saturated carbocycles. The molecule has 3 rings (SSSR count). The Morgan fingerprint density at radius 2 is 2.25 bits per heavy atom. The zero-order valence-corrected chi connectivity index (χ0v) is 11.4. The summed E-state index contributed by atoms with van der Waals surface area (Å²) in [7, 11) is 1.68. The molecule has 0 atom stereocenters. The van der Waals surface area contributed by atoms with Gasteiger partial charge in [-0.15, -0.1) is 10.2 Å². The topological polar surface area (TPSA) is 95.6 Å². The van der Waals surface area contributed by atoms with Crippen LogP contribution in [0.3, 0.4) is 0 Å². The normalized spacial score (nSPS) is 14.8. The first-order valence-corrected chi connectivity index (χ1v) is 6.72. The number of methoxy groups -OCH3 is 1. The summed E-state index contributed by atoms with van der Waals surface area (Å²) in [6.07, 6.45) is 4.22. The Labute approximate surface area is 116 Å².